The highest BCUT2D eigenvalue weighted by molar-refractivity contribution is 5.96. The number of carbonyl (C=O) groups is 1. The van der Waals surface area contributed by atoms with E-state index in [9.17, 15) is 4.79 Å². The lowest BCUT2D eigenvalue weighted by atomic mass is 9.96. The first-order valence-corrected chi connectivity index (χ1v) is 9.48. The van der Waals surface area contributed by atoms with Crippen LogP contribution in [0.1, 0.15) is 60.0 Å². The van der Waals surface area contributed by atoms with Gasteiger partial charge in [0.1, 0.15) is 17.2 Å². The lowest BCUT2D eigenvalue weighted by Crippen LogP contribution is -2.40. The van der Waals surface area contributed by atoms with Crippen LogP contribution in [0.15, 0.2) is 18.3 Å². The Bertz CT molecular complexity index is 788. The van der Waals surface area contributed by atoms with Gasteiger partial charge in [-0.3, -0.25) is 4.79 Å². The molecule has 1 saturated heterocycles. The van der Waals surface area contributed by atoms with Crippen molar-refractivity contribution < 1.29 is 9.53 Å². The molecule has 138 valence electrons. The predicted octanol–water partition coefficient (Wildman–Crippen LogP) is 2.43. The zero-order valence-corrected chi connectivity index (χ0v) is 15.2. The predicted molar refractivity (Wildman–Crippen MR) is 96.2 cm³/mol. The van der Waals surface area contributed by atoms with Gasteiger partial charge in [-0.05, 0) is 37.8 Å². The average molecular weight is 355 g/mol. The molecular weight excluding hydrogens is 330 g/mol. The molecule has 1 fully saturated rings. The fraction of sp³-hybridized carbons (Fsp3) is 0.579. The Morgan fingerprint density at radius 3 is 3.00 bits per heavy atom. The van der Waals surface area contributed by atoms with E-state index in [-0.39, 0.29) is 11.8 Å². The van der Waals surface area contributed by atoms with Crippen LogP contribution in [0, 0.1) is 0 Å². The SMILES string of the molecule is COc1ncccc1C(=O)N1CCCC(c2nnc3n2CCCCC3)C1. The number of piperidine rings is 1. The second-order valence-electron chi connectivity index (χ2n) is 7.09. The monoisotopic (exact) mass is 355 g/mol. The molecule has 0 spiro atoms. The van der Waals surface area contributed by atoms with Crippen LogP contribution in [-0.4, -0.2) is 50.8 Å². The third kappa shape index (κ3) is 3.18. The summed E-state index contributed by atoms with van der Waals surface area (Å²) in [6, 6.07) is 3.55. The fourth-order valence-corrected chi connectivity index (χ4v) is 4.07. The molecule has 7 heteroatoms. The number of aryl methyl sites for hydroxylation is 1. The maximum absolute atomic E-state index is 13.0. The molecular formula is C19H25N5O2. The molecule has 2 aromatic heterocycles. The summed E-state index contributed by atoms with van der Waals surface area (Å²) in [6.07, 6.45) is 8.29. The molecule has 1 amide bonds. The smallest absolute Gasteiger partial charge is 0.259 e. The van der Waals surface area contributed by atoms with Crippen molar-refractivity contribution in [3.05, 3.63) is 35.5 Å². The standard InChI is InChI=1S/C19H25N5O2/c1-26-18-15(8-5-10-20-18)19(25)23-11-6-7-14(13-23)17-22-21-16-9-3-2-4-12-24(16)17/h5,8,10,14H,2-4,6-7,9,11-13H2,1H3. The molecule has 1 unspecified atom stereocenters. The minimum Gasteiger partial charge on any atom is -0.480 e. The van der Waals surface area contributed by atoms with E-state index in [1.54, 1.807) is 25.4 Å². The van der Waals surface area contributed by atoms with Gasteiger partial charge in [-0.2, -0.15) is 0 Å². The number of likely N-dealkylation sites (tertiary alicyclic amines) is 1. The highest BCUT2D eigenvalue weighted by atomic mass is 16.5. The van der Waals surface area contributed by atoms with E-state index < -0.39 is 0 Å². The maximum Gasteiger partial charge on any atom is 0.259 e. The number of hydrogen-bond donors (Lipinski definition) is 0. The summed E-state index contributed by atoms with van der Waals surface area (Å²) in [5.74, 6) is 2.77. The molecule has 1 atom stereocenters. The van der Waals surface area contributed by atoms with Crippen LogP contribution < -0.4 is 4.74 Å². The van der Waals surface area contributed by atoms with Gasteiger partial charge < -0.3 is 14.2 Å². The van der Waals surface area contributed by atoms with Gasteiger partial charge in [-0.15, -0.1) is 10.2 Å². The minimum absolute atomic E-state index is 0.0183. The molecule has 2 aliphatic heterocycles. The molecule has 26 heavy (non-hydrogen) atoms. The van der Waals surface area contributed by atoms with Crippen LogP contribution in [0.3, 0.4) is 0 Å². The zero-order chi connectivity index (χ0) is 17.9. The van der Waals surface area contributed by atoms with Crippen molar-refractivity contribution in [2.24, 2.45) is 0 Å². The summed E-state index contributed by atoms with van der Waals surface area (Å²) in [5.41, 5.74) is 0.524. The van der Waals surface area contributed by atoms with Crippen molar-refractivity contribution in [2.75, 3.05) is 20.2 Å². The minimum atomic E-state index is -0.0183. The first-order chi connectivity index (χ1) is 12.8. The van der Waals surface area contributed by atoms with E-state index in [4.69, 9.17) is 4.74 Å². The third-order valence-electron chi connectivity index (χ3n) is 5.41. The normalized spacial score (nSPS) is 20.3. The molecule has 4 heterocycles. The number of ether oxygens (including phenoxy) is 1. The number of nitrogens with zero attached hydrogens (tertiary/aromatic N) is 5. The zero-order valence-electron chi connectivity index (χ0n) is 15.2. The average Bonchev–Trinajstić information content (AvgIpc) is 2.96. The van der Waals surface area contributed by atoms with E-state index in [0.29, 0.717) is 18.0 Å². The number of fused-ring (bicyclic) bond motifs is 1. The van der Waals surface area contributed by atoms with E-state index in [2.05, 4.69) is 19.7 Å². The highest BCUT2D eigenvalue weighted by Crippen LogP contribution is 2.29. The van der Waals surface area contributed by atoms with Gasteiger partial charge >= 0.3 is 0 Å². The summed E-state index contributed by atoms with van der Waals surface area (Å²) < 4.78 is 7.56. The summed E-state index contributed by atoms with van der Waals surface area (Å²) in [6.45, 7) is 2.43. The molecule has 0 saturated carbocycles. The fourth-order valence-electron chi connectivity index (χ4n) is 4.07. The van der Waals surface area contributed by atoms with Crippen LogP contribution in [0.4, 0.5) is 0 Å². The van der Waals surface area contributed by atoms with Crippen LogP contribution in [0.5, 0.6) is 5.88 Å². The van der Waals surface area contributed by atoms with Crippen molar-refractivity contribution in [1.82, 2.24) is 24.6 Å². The quantitative estimate of drug-likeness (QED) is 0.845. The number of amides is 1. The van der Waals surface area contributed by atoms with Crippen LogP contribution in [-0.2, 0) is 13.0 Å². The Morgan fingerprint density at radius 2 is 2.12 bits per heavy atom. The van der Waals surface area contributed by atoms with E-state index >= 15 is 0 Å². The molecule has 4 rings (SSSR count). The van der Waals surface area contributed by atoms with Crippen molar-refractivity contribution in [3.8, 4) is 5.88 Å². The Morgan fingerprint density at radius 1 is 1.19 bits per heavy atom. The van der Waals surface area contributed by atoms with Gasteiger partial charge in [0.2, 0.25) is 5.88 Å². The van der Waals surface area contributed by atoms with Gasteiger partial charge in [0.25, 0.3) is 5.91 Å². The third-order valence-corrected chi connectivity index (χ3v) is 5.41. The maximum atomic E-state index is 13.0. The Hall–Kier alpha value is -2.44. The van der Waals surface area contributed by atoms with Crippen molar-refractivity contribution in [3.63, 3.8) is 0 Å². The summed E-state index contributed by atoms with van der Waals surface area (Å²) >= 11 is 0. The molecule has 0 N–H and O–H groups in total. The van der Waals surface area contributed by atoms with Gasteiger partial charge in [-0.1, -0.05) is 6.42 Å². The molecule has 7 nitrogen and oxygen atoms in total. The van der Waals surface area contributed by atoms with Crippen molar-refractivity contribution >= 4 is 5.91 Å². The van der Waals surface area contributed by atoms with Crippen molar-refractivity contribution in [1.29, 1.82) is 0 Å². The number of aromatic nitrogens is 4. The second kappa shape index (κ2) is 7.43. The van der Waals surface area contributed by atoms with Crippen LogP contribution in [0.25, 0.3) is 0 Å². The van der Waals surface area contributed by atoms with Crippen LogP contribution >= 0.6 is 0 Å². The first-order valence-electron chi connectivity index (χ1n) is 9.48. The number of hydrogen-bond acceptors (Lipinski definition) is 5. The van der Waals surface area contributed by atoms with E-state index in [1.807, 2.05) is 4.90 Å². The van der Waals surface area contributed by atoms with E-state index in [1.165, 1.54) is 19.3 Å². The lowest BCUT2D eigenvalue weighted by molar-refractivity contribution is 0.0699. The number of methoxy groups -OCH3 is 1. The molecule has 0 aromatic carbocycles. The summed E-state index contributed by atoms with van der Waals surface area (Å²) in [5, 5.41) is 8.93. The number of pyridine rings is 1. The summed E-state index contributed by atoms with van der Waals surface area (Å²) in [7, 11) is 1.55. The molecule has 0 bridgehead atoms. The van der Waals surface area contributed by atoms with Gasteiger partial charge in [-0.25, -0.2) is 4.98 Å². The summed E-state index contributed by atoms with van der Waals surface area (Å²) in [4.78, 5) is 19.1. The van der Waals surface area contributed by atoms with Crippen molar-refractivity contribution in [2.45, 2.75) is 51.0 Å². The van der Waals surface area contributed by atoms with Crippen LogP contribution in [0.2, 0.25) is 0 Å². The molecule has 2 aliphatic rings. The topological polar surface area (TPSA) is 73.1 Å². The second-order valence-corrected chi connectivity index (χ2v) is 7.09. The molecule has 0 aliphatic carbocycles. The largest absolute Gasteiger partial charge is 0.480 e. The Kier molecular flexibility index (Phi) is 4.86. The highest BCUT2D eigenvalue weighted by Gasteiger charge is 2.31. The van der Waals surface area contributed by atoms with Gasteiger partial charge in [0, 0.05) is 38.2 Å². The lowest BCUT2D eigenvalue weighted by Gasteiger charge is -2.32. The Balaban J connectivity index is 1.55. The van der Waals surface area contributed by atoms with E-state index in [0.717, 1.165) is 44.0 Å². The molecule has 2 aromatic rings. The molecule has 0 radical (unpaired) electrons. The van der Waals surface area contributed by atoms with Gasteiger partial charge in [0.05, 0.1) is 7.11 Å². The number of carbonyl (C=O) groups excluding carboxylic acids is 1. The van der Waals surface area contributed by atoms with Gasteiger partial charge in [0.15, 0.2) is 0 Å². The Labute approximate surface area is 153 Å². The first kappa shape index (κ1) is 17.0. The number of rotatable bonds is 3.